The van der Waals surface area contributed by atoms with Crippen molar-refractivity contribution in [1.82, 2.24) is 5.16 Å². The zero-order valence-electron chi connectivity index (χ0n) is 10.7. The van der Waals surface area contributed by atoms with Crippen molar-refractivity contribution in [3.63, 3.8) is 0 Å². The number of rotatable bonds is 3. The minimum Gasteiger partial charge on any atom is -0.360 e. The van der Waals surface area contributed by atoms with Gasteiger partial charge >= 0.3 is 0 Å². The van der Waals surface area contributed by atoms with Crippen LogP contribution in [0.2, 0.25) is 0 Å². The van der Waals surface area contributed by atoms with E-state index in [9.17, 15) is 4.79 Å². The van der Waals surface area contributed by atoms with Crippen molar-refractivity contribution in [3.8, 4) is 0 Å². The highest BCUT2D eigenvalue weighted by Crippen LogP contribution is 2.20. The number of aryl methyl sites for hydroxylation is 1. The van der Waals surface area contributed by atoms with E-state index < -0.39 is 0 Å². The predicted molar refractivity (Wildman–Crippen MR) is 69.7 cm³/mol. The number of nitrogens with one attached hydrogen (secondary N) is 1. The van der Waals surface area contributed by atoms with Crippen molar-refractivity contribution in [3.05, 3.63) is 47.2 Å². The molecule has 0 bridgehead atoms. The van der Waals surface area contributed by atoms with Gasteiger partial charge in [-0.2, -0.15) is 0 Å². The molecule has 1 heterocycles. The smallest absolute Gasteiger partial charge is 0.257 e. The molecule has 0 radical (unpaired) electrons. The zero-order valence-corrected chi connectivity index (χ0v) is 10.7. The average Bonchev–Trinajstić information content (AvgIpc) is 2.74. The molecule has 1 N–H and O–H groups in total. The molecule has 0 saturated carbocycles. The molecule has 0 spiro atoms. The van der Waals surface area contributed by atoms with Gasteiger partial charge in [-0.1, -0.05) is 37.2 Å². The van der Waals surface area contributed by atoms with Crippen molar-refractivity contribution in [2.24, 2.45) is 0 Å². The highest BCUT2D eigenvalue weighted by molar-refractivity contribution is 6.04. The summed E-state index contributed by atoms with van der Waals surface area (Å²) in [7, 11) is 0. The fraction of sp³-hybridized carbons (Fsp3) is 0.286. The first-order valence-corrected chi connectivity index (χ1v) is 5.91. The molecule has 0 aliphatic carbocycles. The molecule has 0 aliphatic rings. The van der Waals surface area contributed by atoms with E-state index in [1.165, 1.54) is 0 Å². The topological polar surface area (TPSA) is 55.1 Å². The molecule has 0 atom stereocenters. The number of hydrogen-bond donors (Lipinski definition) is 1. The molecular weight excluding hydrogens is 228 g/mol. The first kappa shape index (κ1) is 12.4. The summed E-state index contributed by atoms with van der Waals surface area (Å²) >= 11 is 0. The van der Waals surface area contributed by atoms with Crippen molar-refractivity contribution in [1.29, 1.82) is 0 Å². The van der Waals surface area contributed by atoms with Crippen molar-refractivity contribution < 1.29 is 9.32 Å². The van der Waals surface area contributed by atoms with Crippen LogP contribution in [-0.4, -0.2) is 11.1 Å². The van der Waals surface area contributed by atoms with Crippen LogP contribution in [0.4, 0.5) is 5.82 Å². The molecule has 4 nitrogen and oxygen atoms in total. The van der Waals surface area contributed by atoms with E-state index in [1.54, 1.807) is 13.0 Å². The Balaban J connectivity index is 2.24. The number of carbonyl (C=O) groups excluding carboxylic acids is 1. The SMILES string of the molecule is Cc1cc(NC(=O)c2ccccc2C(C)C)no1. The summed E-state index contributed by atoms with van der Waals surface area (Å²) in [5.41, 5.74) is 1.70. The lowest BCUT2D eigenvalue weighted by atomic mass is 9.97. The van der Waals surface area contributed by atoms with Gasteiger partial charge in [0.05, 0.1) is 0 Å². The molecule has 2 rings (SSSR count). The van der Waals surface area contributed by atoms with Gasteiger partial charge in [-0.15, -0.1) is 0 Å². The maximum atomic E-state index is 12.2. The standard InChI is InChI=1S/C14H16N2O2/c1-9(2)11-6-4-5-7-12(11)14(17)15-13-8-10(3)18-16-13/h4-9H,1-3H3,(H,15,16,17). The molecule has 94 valence electrons. The van der Waals surface area contributed by atoms with Gasteiger partial charge in [0.2, 0.25) is 0 Å². The molecule has 1 aromatic heterocycles. The Bertz CT molecular complexity index is 558. The Labute approximate surface area is 106 Å². The van der Waals surface area contributed by atoms with Gasteiger partial charge in [-0.25, -0.2) is 0 Å². The first-order chi connectivity index (χ1) is 8.58. The summed E-state index contributed by atoms with van der Waals surface area (Å²) in [6.45, 7) is 5.91. The van der Waals surface area contributed by atoms with Crippen molar-refractivity contribution in [2.45, 2.75) is 26.7 Å². The fourth-order valence-electron chi connectivity index (χ4n) is 1.82. The maximum Gasteiger partial charge on any atom is 0.257 e. The van der Waals surface area contributed by atoms with Gasteiger partial charge in [-0.3, -0.25) is 4.79 Å². The molecule has 0 unspecified atom stereocenters. The van der Waals surface area contributed by atoms with E-state index in [-0.39, 0.29) is 5.91 Å². The van der Waals surface area contributed by atoms with Crippen LogP contribution in [0.1, 0.15) is 41.4 Å². The predicted octanol–water partition coefficient (Wildman–Crippen LogP) is 3.36. The van der Waals surface area contributed by atoms with Crippen LogP contribution >= 0.6 is 0 Å². The molecule has 0 aliphatic heterocycles. The van der Waals surface area contributed by atoms with E-state index in [2.05, 4.69) is 24.3 Å². The Kier molecular flexibility index (Phi) is 3.46. The number of amides is 1. The van der Waals surface area contributed by atoms with Crippen molar-refractivity contribution in [2.75, 3.05) is 5.32 Å². The van der Waals surface area contributed by atoms with Crippen LogP contribution in [0.15, 0.2) is 34.9 Å². The minimum atomic E-state index is -0.160. The van der Waals surface area contributed by atoms with Gasteiger partial charge in [-0.05, 0) is 24.5 Å². The summed E-state index contributed by atoms with van der Waals surface area (Å²) in [6.07, 6.45) is 0. The van der Waals surface area contributed by atoms with Crippen LogP contribution in [0.25, 0.3) is 0 Å². The molecule has 1 amide bonds. The van der Waals surface area contributed by atoms with Gasteiger partial charge in [0.1, 0.15) is 5.76 Å². The third-order valence-electron chi connectivity index (χ3n) is 2.70. The molecule has 18 heavy (non-hydrogen) atoms. The summed E-state index contributed by atoms with van der Waals surface area (Å²) in [5.74, 6) is 1.25. The summed E-state index contributed by atoms with van der Waals surface area (Å²) in [5, 5.41) is 6.48. The monoisotopic (exact) mass is 244 g/mol. The number of carbonyl (C=O) groups is 1. The molecule has 1 aromatic carbocycles. The number of nitrogens with zero attached hydrogens (tertiary/aromatic N) is 1. The van der Waals surface area contributed by atoms with E-state index in [0.717, 1.165) is 5.56 Å². The lowest BCUT2D eigenvalue weighted by Gasteiger charge is -2.11. The molecule has 0 fully saturated rings. The third kappa shape index (κ3) is 2.59. The lowest BCUT2D eigenvalue weighted by Crippen LogP contribution is -2.14. The highest BCUT2D eigenvalue weighted by Gasteiger charge is 2.14. The number of aromatic nitrogens is 1. The summed E-state index contributed by atoms with van der Waals surface area (Å²) < 4.78 is 4.91. The molecule has 0 saturated heterocycles. The van der Waals surface area contributed by atoms with Crippen LogP contribution < -0.4 is 5.32 Å². The minimum absolute atomic E-state index is 0.160. The van der Waals surface area contributed by atoms with Gasteiger partial charge < -0.3 is 9.84 Å². The lowest BCUT2D eigenvalue weighted by molar-refractivity contribution is 0.102. The second kappa shape index (κ2) is 5.04. The van der Waals surface area contributed by atoms with E-state index in [4.69, 9.17) is 4.52 Å². The Morgan fingerprint density at radius 1 is 1.33 bits per heavy atom. The largest absolute Gasteiger partial charge is 0.360 e. The van der Waals surface area contributed by atoms with Crippen LogP contribution in [0, 0.1) is 6.92 Å². The Hall–Kier alpha value is -2.10. The molecule has 4 heteroatoms. The van der Waals surface area contributed by atoms with E-state index >= 15 is 0 Å². The Morgan fingerprint density at radius 3 is 2.67 bits per heavy atom. The maximum absolute atomic E-state index is 12.2. The van der Waals surface area contributed by atoms with Gasteiger partial charge in [0.15, 0.2) is 5.82 Å². The van der Waals surface area contributed by atoms with Crippen LogP contribution in [-0.2, 0) is 0 Å². The second-order valence-corrected chi connectivity index (χ2v) is 4.52. The number of hydrogen-bond acceptors (Lipinski definition) is 3. The van der Waals surface area contributed by atoms with Crippen LogP contribution in [0.5, 0.6) is 0 Å². The normalized spacial score (nSPS) is 10.7. The summed E-state index contributed by atoms with van der Waals surface area (Å²) in [6, 6.07) is 9.27. The highest BCUT2D eigenvalue weighted by atomic mass is 16.5. The van der Waals surface area contributed by atoms with Gasteiger partial charge in [0.25, 0.3) is 5.91 Å². The van der Waals surface area contributed by atoms with E-state index in [1.807, 2.05) is 24.3 Å². The van der Waals surface area contributed by atoms with E-state index in [0.29, 0.717) is 23.1 Å². The molecule has 2 aromatic rings. The zero-order chi connectivity index (χ0) is 13.1. The molecular formula is C14H16N2O2. The summed E-state index contributed by atoms with van der Waals surface area (Å²) in [4.78, 5) is 12.2. The first-order valence-electron chi connectivity index (χ1n) is 5.91. The quantitative estimate of drug-likeness (QED) is 0.900. The van der Waals surface area contributed by atoms with Crippen molar-refractivity contribution >= 4 is 11.7 Å². The average molecular weight is 244 g/mol. The number of benzene rings is 1. The van der Waals surface area contributed by atoms with Gasteiger partial charge in [0, 0.05) is 11.6 Å². The second-order valence-electron chi connectivity index (χ2n) is 4.52. The fourth-order valence-corrected chi connectivity index (χ4v) is 1.82. The Morgan fingerprint density at radius 2 is 2.06 bits per heavy atom. The number of anilines is 1. The van der Waals surface area contributed by atoms with Crippen LogP contribution in [0.3, 0.4) is 0 Å². The third-order valence-corrected chi connectivity index (χ3v) is 2.70.